The number of sulfone groups is 1. The van der Waals surface area contributed by atoms with E-state index in [2.05, 4.69) is 0 Å². The van der Waals surface area contributed by atoms with Gasteiger partial charge in [0.1, 0.15) is 0 Å². The van der Waals surface area contributed by atoms with Crippen molar-refractivity contribution in [2.75, 3.05) is 6.26 Å². The molecule has 1 N–H and O–H groups in total. The smallest absolute Gasteiger partial charge is 0.418 e. The Morgan fingerprint density at radius 3 is 2.27 bits per heavy atom. The standard InChI is InChI=1S/C20H18F3NO4S2/c1-11-8-17-15(9-18(25)26)12(2)19(24(17)10-16(11)20(21,22)23)29-13-4-6-14(7-5-13)30(3,27)28/h4-8,10H,9H2,1-3H3,(H,25,26). The van der Waals surface area contributed by atoms with Crippen LogP contribution in [0.4, 0.5) is 13.2 Å². The van der Waals surface area contributed by atoms with E-state index in [-0.39, 0.29) is 16.9 Å². The number of hydrogen-bond acceptors (Lipinski definition) is 4. The molecule has 0 radical (unpaired) electrons. The van der Waals surface area contributed by atoms with Gasteiger partial charge in [-0.1, -0.05) is 11.8 Å². The highest BCUT2D eigenvalue weighted by atomic mass is 32.2. The van der Waals surface area contributed by atoms with Gasteiger partial charge in [-0.3, -0.25) is 4.79 Å². The van der Waals surface area contributed by atoms with E-state index in [9.17, 15) is 31.5 Å². The van der Waals surface area contributed by atoms with Crippen LogP contribution in [0.2, 0.25) is 0 Å². The normalized spacial score (nSPS) is 12.5. The Hall–Kier alpha value is -2.46. The summed E-state index contributed by atoms with van der Waals surface area (Å²) in [6.45, 7) is 3.01. The summed E-state index contributed by atoms with van der Waals surface area (Å²) in [7, 11) is -3.38. The van der Waals surface area contributed by atoms with E-state index in [0.717, 1.165) is 24.2 Å². The first-order chi connectivity index (χ1) is 13.8. The third-order valence-corrected chi connectivity index (χ3v) is 7.03. The van der Waals surface area contributed by atoms with E-state index in [1.807, 2.05) is 0 Å². The van der Waals surface area contributed by atoms with E-state index >= 15 is 0 Å². The number of carboxylic acids is 1. The molecule has 3 rings (SSSR count). The molecule has 0 aliphatic heterocycles. The summed E-state index contributed by atoms with van der Waals surface area (Å²) in [6, 6.07) is 7.33. The van der Waals surface area contributed by atoms with Crippen LogP contribution < -0.4 is 0 Å². The van der Waals surface area contributed by atoms with Crippen LogP contribution in [0, 0.1) is 13.8 Å². The van der Waals surface area contributed by atoms with Gasteiger partial charge in [-0.2, -0.15) is 13.2 Å². The van der Waals surface area contributed by atoms with Gasteiger partial charge >= 0.3 is 12.1 Å². The molecule has 0 bridgehead atoms. The van der Waals surface area contributed by atoms with Gasteiger partial charge in [0.05, 0.1) is 27.4 Å². The van der Waals surface area contributed by atoms with Crippen LogP contribution in [0.3, 0.4) is 0 Å². The number of aryl methyl sites for hydroxylation is 1. The molecule has 160 valence electrons. The molecule has 30 heavy (non-hydrogen) atoms. The van der Waals surface area contributed by atoms with Crippen LogP contribution in [0.5, 0.6) is 0 Å². The summed E-state index contributed by atoms with van der Waals surface area (Å²) in [5.41, 5.74) is 0.605. The third-order valence-electron chi connectivity index (χ3n) is 4.70. The Kier molecular flexibility index (Phi) is 5.68. The lowest BCUT2D eigenvalue weighted by Crippen LogP contribution is -2.09. The molecule has 2 aromatic heterocycles. The molecule has 0 saturated heterocycles. The molecule has 0 aliphatic carbocycles. The minimum absolute atomic E-state index is 0.00759. The maximum atomic E-state index is 13.4. The number of benzene rings is 1. The minimum atomic E-state index is -4.55. The number of halogens is 3. The number of fused-ring (bicyclic) bond motifs is 1. The Labute approximate surface area is 175 Å². The van der Waals surface area contributed by atoms with Crippen molar-refractivity contribution in [3.63, 3.8) is 0 Å². The van der Waals surface area contributed by atoms with Gasteiger partial charge in [-0.25, -0.2) is 8.42 Å². The van der Waals surface area contributed by atoms with Crippen molar-refractivity contribution < 1.29 is 31.5 Å². The molecular weight excluding hydrogens is 439 g/mol. The maximum Gasteiger partial charge on any atom is 0.418 e. The van der Waals surface area contributed by atoms with E-state index in [1.54, 1.807) is 19.1 Å². The van der Waals surface area contributed by atoms with Gasteiger partial charge in [0.15, 0.2) is 9.84 Å². The molecule has 2 heterocycles. The van der Waals surface area contributed by atoms with Crippen LogP contribution in [0.25, 0.3) is 5.52 Å². The average molecular weight is 457 g/mol. The first kappa shape index (κ1) is 22.2. The number of aromatic nitrogens is 1. The van der Waals surface area contributed by atoms with Crippen molar-refractivity contribution >= 4 is 33.1 Å². The highest BCUT2D eigenvalue weighted by Gasteiger charge is 2.34. The van der Waals surface area contributed by atoms with Crippen LogP contribution in [-0.2, 0) is 27.2 Å². The fraction of sp³-hybridized carbons (Fsp3) is 0.250. The number of rotatable bonds is 5. The Morgan fingerprint density at radius 1 is 1.17 bits per heavy atom. The number of nitrogens with zero attached hydrogens (tertiary/aromatic N) is 1. The summed E-state index contributed by atoms with van der Waals surface area (Å²) in [6.07, 6.45) is -2.81. The summed E-state index contributed by atoms with van der Waals surface area (Å²) < 4.78 is 64.9. The zero-order chi connectivity index (χ0) is 22.4. The largest absolute Gasteiger partial charge is 0.481 e. The van der Waals surface area contributed by atoms with E-state index < -0.39 is 27.5 Å². The van der Waals surface area contributed by atoms with Gasteiger partial charge in [0, 0.05) is 17.3 Å². The van der Waals surface area contributed by atoms with Crippen molar-refractivity contribution in [2.24, 2.45) is 0 Å². The zero-order valence-corrected chi connectivity index (χ0v) is 17.9. The first-order valence-corrected chi connectivity index (χ1v) is 11.4. The van der Waals surface area contributed by atoms with Crippen molar-refractivity contribution in [1.82, 2.24) is 4.40 Å². The lowest BCUT2D eigenvalue weighted by Gasteiger charge is -2.13. The number of alkyl halides is 3. The third kappa shape index (κ3) is 4.34. The van der Waals surface area contributed by atoms with E-state index in [4.69, 9.17) is 0 Å². The van der Waals surface area contributed by atoms with Crippen molar-refractivity contribution in [3.8, 4) is 0 Å². The van der Waals surface area contributed by atoms with Crippen LogP contribution in [-0.4, -0.2) is 30.2 Å². The van der Waals surface area contributed by atoms with Gasteiger partial charge in [-0.05, 0) is 60.9 Å². The molecule has 1 aromatic carbocycles. The van der Waals surface area contributed by atoms with Gasteiger partial charge in [0.2, 0.25) is 0 Å². The first-order valence-electron chi connectivity index (χ1n) is 8.70. The molecule has 0 spiro atoms. The highest BCUT2D eigenvalue weighted by Crippen LogP contribution is 2.39. The molecule has 10 heteroatoms. The fourth-order valence-electron chi connectivity index (χ4n) is 3.22. The second-order valence-electron chi connectivity index (χ2n) is 6.95. The molecular formula is C20H18F3NO4S2. The van der Waals surface area contributed by atoms with Crippen molar-refractivity contribution in [2.45, 2.75) is 41.3 Å². The predicted molar refractivity (Wildman–Crippen MR) is 107 cm³/mol. The Bertz CT molecular complexity index is 1240. The zero-order valence-electron chi connectivity index (χ0n) is 16.2. The van der Waals surface area contributed by atoms with Crippen LogP contribution >= 0.6 is 11.8 Å². The summed E-state index contributed by atoms with van der Waals surface area (Å²) in [4.78, 5) is 12.1. The second-order valence-corrected chi connectivity index (χ2v) is 10.0. The predicted octanol–water partition coefficient (Wildman–Crippen LogP) is 4.76. The molecule has 0 atom stereocenters. The molecule has 0 unspecified atom stereocenters. The molecule has 3 aromatic rings. The highest BCUT2D eigenvalue weighted by molar-refractivity contribution is 7.99. The Balaban J connectivity index is 2.19. The maximum absolute atomic E-state index is 13.4. The van der Waals surface area contributed by atoms with Crippen molar-refractivity contribution in [3.05, 3.63) is 58.8 Å². The summed E-state index contributed by atoms with van der Waals surface area (Å²) >= 11 is 1.14. The number of carboxylic acid groups (broad SMARTS) is 1. The van der Waals surface area contributed by atoms with Crippen LogP contribution in [0.1, 0.15) is 22.3 Å². The van der Waals surface area contributed by atoms with Crippen LogP contribution in [0.15, 0.2) is 51.3 Å². The summed E-state index contributed by atoms with van der Waals surface area (Å²) in [5.74, 6) is -1.09. The van der Waals surface area contributed by atoms with E-state index in [0.29, 0.717) is 26.6 Å². The molecule has 0 amide bonds. The molecule has 5 nitrogen and oxygen atoms in total. The monoisotopic (exact) mass is 457 g/mol. The van der Waals surface area contributed by atoms with E-state index in [1.165, 1.54) is 29.5 Å². The quantitative estimate of drug-likeness (QED) is 0.598. The Morgan fingerprint density at radius 2 is 1.77 bits per heavy atom. The minimum Gasteiger partial charge on any atom is -0.481 e. The lowest BCUT2D eigenvalue weighted by molar-refractivity contribution is -0.138. The number of aliphatic carboxylic acids is 1. The van der Waals surface area contributed by atoms with Gasteiger partial charge in [-0.15, -0.1) is 0 Å². The second kappa shape index (κ2) is 7.66. The SMILES string of the molecule is Cc1cc2c(CC(=O)O)c(C)c(Sc3ccc(S(C)(=O)=O)cc3)n2cc1C(F)(F)F. The summed E-state index contributed by atoms with van der Waals surface area (Å²) in [5, 5.41) is 9.70. The number of pyridine rings is 1. The molecule has 0 aliphatic rings. The van der Waals surface area contributed by atoms with Crippen molar-refractivity contribution in [1.29, 1.82) is 0 Å². The fourth-order valence-corrected chi connectivity index (χ4v) is 4.87. The topological polar surface area (TPSA) is 75.8 Å². The lowest BCUT2D eigenvalue weighted by atomic mass is 10.1. The van der Waals surface area contributed by atoms with Gasteiger partial charge < -0.3 is 9.51 Å². The average Bonchev–Trinajstić information content (AvgIpc) is 2.84. The molecule has 0 fully saturated rings. The number of hydrogen-bond donors (Lipinski definition) is 1. The molecule has 0 saturated carbocycles. The number of carbonyl (C=O) groups is 1. The van der Waals surface area contributed by atoms with Gasteiger partial charge in [0.25, 0.3) is 0 Å².